The number of nitrogens with zero attached hydrogens (tertiary/aromatic N) is 7. The summed E-state index contributed by atoms with van der Waals surface area (Å²) in [7, 11) is 0.324. The molecule has 0 aliphatic carbocycles. The molecule has 0 radical (unpaired) electrons. The van der Waals surface area contributed by atoms with Crippen LogP contribution >= 0.6 is 23.2 Å². The minimum absolute atomic E-state index is 0.171. The Bertz CT molecular complexity index is 3030. The predicted molar refractivity (Wildman–Crippen MR) is 258 cm³/mol. The molecule has 64 heavy (non-hydrogen) atoms. The Balaban J connectivity index is 0.000000162. The molecule has 0 amide bonds. The van der Waals surface area contributed by atoms with E-state index in [0.29, 0.717) is 34.6 Å². The van der Waals surface area contributed by atoms with Crippen molar-refractivity contribution in [2.75, 3.05) is 81.3 Å². The van der Waals surface area contributed by atoms with Crippen LogP contribution in [0.1, 0.15) is 6.92 Å². The van der Waals surface area contributed by atoms with Gasteiger partial charge in [0.2, 0.25) is 0 Å². The summed E-state index contributed by atoms with van der Waals surface area (Å²) in [6.45, 7) is 8.50. The monoisotopic (exact) mass is 915 g/mol. The van der Waals surface area contributed by atoms with Crippen LogP contribution in [0.5, 0.6) is 11.5 Å². The molecule has 0 bridgehead atoms. The van der Waals surface area contributed by atoms with Gasteiger partial charge < -0.3 is 34.1 Å². The molecule has 0 saturated carbocycles. The van der Waals surface area contributed by atoms with Gasteiger partial charge in [0, 0.05) is 131 Å². The summed E-state index contributed by atoms with van der Waals surface area (Å²) in [5.74, 6) is 3.54. The second-order valence-electron chi connectivity index (χ2n) is 15.8. The van der Waals surface area contributed by atoms with Crippen molar-refractivity contribution >= 4 is 66.5 Å². The first-order chi connectivity index (χ1) is 31.1. The number of methoxy groups -OCH3 is 2. The molecule has 2 aromatic carbocycles. The number of fused-ring (bicyclic) bond motifs is 2. The Morgan fingerprint density at radius 1 is 0.578 bits per heavy atom. The maximum absolute atomic E-state index is 11.7. The standard InChI is InChI=1S/C25H26ClN5O.C23H21ClN4O3S/c1-3-30-6-8-31(9-7-30)25-5-4-17(15-28-25)23-12-18-11-21(22(26)13-24(18)29-23)19-10-20(32-2)16-27-14-19;1-31-18-8-17(12-25-14-18)19-9-16-10-21(27-22(16)11-20(19)24)15-2-3-23(26-13-15)28-4-6-32(29,30)7-5-28/h4-5,10-16,29H,3,6-9H2,1-2H3;2-3,8-14,27H,4-7H2,1H3. The van der Waals surface area contributed by atoms with E-state index in [2.05, 4.69) is 72.0 Å². The van der Waals surface area contributed by atoms with Crippen molar-refractivity contribution in [3.8, 4) is 56.3 Å². The number of piperazine rings is 1. The second kappa shape index (κ2) is 18.5. The lowest BCUT2D eigenvalue weighted by atomic mass is 10.1. The van der Waals surface area contributed by atoms with Gasteiger partial charge in [-0.1, -0.05) is 30.1 Å². The number of aromatic amines is 2. The average molecular weight is 917 g/mol. The molecular formula is C48H47Cl2N9O4S. The first-order valence-corrected chi connectivity index (χ1v) is 23.6. The van der Waals surface area contributed by atoms with Gasteiger partial charge >= 0.3 is 0 Å². The maximum Gasteiger partial charge on any atom is 0.153 e. The SMILES string of the molecule is CCN1CCN(c2ccc(-c3cc4cc(-c5cncc(OC)c5)c(Cl)cc4[nH]3)cn2)CC1.COc1cncc(-c2cc3cc(-c4ccc(N5CCS(=O)(=O)CC5)nc4)[nH]c3cc2Cl)c1. The number of hydrogen-bond donors (Lipinski definition) is 2. The van der Waals surface area contributed by atoms with Crippen LogP contribution in [-0.2, 0) is 9.84 Å². The molecule has 13 nitrogen and oxygen atoms in total. The van der Waals surface area contributed by atoms with E-state index in [0.717, 1.165) is 111 Å². The van der Waals surface area contributed by atoms with Gasteiger partial charge in [-0.05, 0) is 79.3 Å². The van der Waals surface area contributed by atoms with Crippen LogP contribution < -0.4 is 19.3 Å². The van der Waals surface area contributed by atoms with Gasteiger partial charge in [-0.3, -0.25) is 9.97 Å². The molecule has 0 spiro atoms. The van der Waals surface area contributed by atoms with E-state index >= 15 is 0 Å². The molecule has 328 valence electrons. The number of sulfone groups is 1. The van der Waals surface area contributed by atoms with Gasteiger partial charge in [-0.15, -0.1) is 0 Å². The molecule has 16 heteroatoms. The van der Waals surface area contributed by atoms with Crippen LogP contribution in [-0.4, -0.2) is 115 Å². The van der Waals surface area contributed by atoms with Crippen molar-refractivity contribution in [3.05, 3.63) is 120 Å². The van der Waals surface area contributed by atoms with E-state index in [1.54, 1.807) is 45.2 Å². The smallest absolute Gasteiger partial charge is 0.153 e. The Hall–Kier alpha value is -6.19. The molecule has 2 aliphatic rings. The normalized spacial score (nSPS) is 15.3. The lowest BCUT2D eigenvalue weighted by Crippen LogP contribution is -2.46. The second-order valence-corrected chi connectivity index (χ2v) is 18.9. The number of nitrogens with one attached hydrogen (secondary N) is 2. The summed E-state index contributed by atoms with van der Waals surface area (Å²) < 4.78 is 33.9. The highest BCUT2D eigenvalue weighted by Crippen LogP contribution is 2.37. The van der Waals surface area contributed by atoms with Crippen molar-refractivity contribution in [1.29, 1.82) is 0 Å². The van der Waals surface area contributed by atoms with Crippen LogP contribution in [0.2, 0.25) is 10.0 Å². The van der Waals surface area contributed by atoms with Gasteiger partial charge in [0.25, 0.3) is 0 Å². The largest absolute Gasteiger partial charge is 0.495 e. The van der Waals surface area contributed by atoms with Crippen molar-refractivity contribution in [2.45, 2.75) is 6.92 Å². The highest BCUT2D eigenvalue weighted by Gasteiger charge is 2.23. The zero-order chi connectivity index (χ0) is 44.4. The van der Waals surface area contributed by atoms with Crippen molar-refractivity contribution in [1.82, 2.24) is 34.8 Å². The number of benzene rings is 2. The summed E-state index contributed by atoms with van der Waals surface area (Å²) in [5.41, 5.74) is 9.47. The van der Waals surface area contributed by atoms with E-state index in [9.17, 15) is 8.42 Å². The fourth-order valence-corrected chi connectivity index (χ4v) is 9.86. The highest BCUT2D eigenvalue weighted by atomic mass is 35.5. The first-order valence-electron chi connectivity index (χ1n) is 21.0. The minimum Gasteiger partial charge on any atom is -0.495 e. The van der Waals surface area contributed by atoms with Gasteiger partial charge in [-0.25, -0.2) is 18.4 Å². The molecular weight excluding hydrogens is 870 g/mol. The Morgan fingerprint density at radius 3 is 1.47 bits per heavy atom. The topological polar surface area (TPSA) is 145 Å². The van der Waals surface area contributed by atoms with Crippen LogP contribution in [0.25, 0.3) is 66.6 Å². The Kier molecular flexibility index (Phi) is 12.5. The van der Waals surface area contributed by atoms with Gasteiger partial charge in [0.1, 0.15) is 23.1 Å². The number of H-pyrrole nitrogens is 2. The van der Waals surface area contributed by atoms with Crippen molar-refractivity contribution < 1.29 is 17.9 Å². The van der Waals surface area contributed by atoms with E-state index in [1.165, 1.54) is 0 Å². The molecule has 0 unspecified atom stereocenters. The van der Waals surface area contributed by atoms with E-state index < -0.39 is 9.84 Å². The zero-order valence-corrected chi connectivity index (χ0v) is 38.0. The Morgan fingerprint density at radius 2 is 1.05 bits per heavy atom. The number of anilines is 2. The zero-order valence-electron chi connectivity index (χ0n) is 35.7. The summed E-state index contributed by atoms with van der Waals surface area (Å²) in [6, 6.07) is 24.2. The fourth-order valence-electron chi connectivity index (χ4n) is 8.12. The lowest BCUT2D eigenvalue weighted by molar-refractivity contribution is 0.270. The number of aromatic nitrogens is 6. The molecule has 10 rings (SSSR count). The predicted octanol–water partition coefficient (Wildman–Crippen LogP) is 9.28. The summed E-state index contributed by atoms with van der Waals surface area (Å²) in [4.78, 5) is 31.5. The third-order valence-electron chi connectivity index (χ3n) is 11.9. The molecule has 6 aromatic heterocycles. The molecule has 2 aliphatic heterocycles. The van der Waals surface area contributed by atoms with E-state index in [-0.39, 0.29) is 11.5 Å². The minimum atomic E-state index is -2.92. The molecule has 2 saturated heterocycles. The highest BCUT2D eigenvalue weighted by molar-refractivity contribution is 7.91. The van der Waals surface area contributed by atoms with Crippen LogP contribution in [0.15, 0.2) is 110 Å². The van der Waals surface area contributed by atoms with Crippen molar-refractivity contribution in [2.24, 2.45) is 0 Å². The third-order valence-corrected chi connectivity index (χ3v) is 14.1. The van der Waals surface area contributed by atoms with E-state index in [4.69, 9.17) is 37.7 Å². The summed E-state index contributed by atoms with van der Waals surface area (Å²) in [6.07, 6.45) is 10.6. The van der Waals surface area contributed by atoms with Gasteiger partial charge in [0.15, 0.2) is 9.84 Å². The average Bonchev–Trinajstić information content (AvgIpc) is 3.95. The number of halogens is 2. The van der Waals surface area contributed by atoms with Crippen LogP contribution in [0.3, 0.4) is 0 Å². The summed E-state index contributed by atoms with van der Waals surface area (Å²) in [5, 5.41) is 3.39. The summed E-state index contributed by atoms with van der Waals surface area (Å²) >= 11 is 13.2. The first kappa shape index (κ1) is 43.1. The number of hydrogen-bond acceptors (Lipinski definition) is 11. The van der Waals surface area contributed by atoms with Crippen LogP contribution in [0.4, 0.5) is 11.6 Å². The molecule has 2 N–H and O–H groups in total. The van der Waals surface area contributed by atoms with Crippen LogP contribution in [0, 0.1) is 0 Å². The molecule has 0 atom stereocenters. The van der Waals surface area contributed by atoms with Gasteiger partial charge in [0.05, 0.1) is 48.2 Å². The quantitative estimate of drug-likeness (QED) is 0.143. The number of ether oxygens (including phenoxy) is 2. The number of likely N-dealkylation sites (N-methyl/N-ethyl adjacent to an activating group) is 1. The maximum atomic E-state index is 11.7. The number of pyridine rings is 4. The van der Waals surface area contributed by atoms with E-state index in [1.807, 2.05) is 53.6 Å². The number of rotatable bonds is 9. The lowest BCUT2D eigenvalue weighted by Gasteiger charge is -2.34. The van der Waals surface area contributed by atoms with Gasteiger partial charge in [-0.2, -0.15) is 0 Å². The fraction of sp³-hybridized carbons (Fsp3) is 0.250. The molecule has 8 heterocycles. The molecule has 8 aromatic rings. The third kappa shape index (κ3) is 9.36. The Labute approximate surface area is 381 Å². The van der Waals surface area contributed by atoms with Crippen molar-refractivity contribution in [3.63, 3.8) is 0 Å². The molecule has 2 fully saturated rings.